The number of benzene rings is 1. The highest BCUT2D eigenvalue weighted by molar-refractivity contribution is 5.80. The van der Waals surface area contributed by atoms with Gasteiger partial charge >= 0.3 is 0 Å². The quantitative estimate of drug-likeness (QED) is 0.879. The van der Waals surface area contributed by atoms with Crippen LogP contribution in [0.3, 0.4) is 0 Å². The Balaban J connectivity index is 1.93. The van der Waals surface area contributed by atoms with Gasteiger partial charge in [-0.3, -0.25) is 4.90 Å². The van der Waals surface area contributed by atoms with E-state index >= 15 is 0 Å². The van der Waals surface area contributed by atoms with Gasteiger partial charge in [-0.05, 0) is 38.4 Å². The lowest BCUT2D eigenvalue weighted by molar-refractivity contribution is 0.253. The average molecular weight is 242 g/mol. The molecule has 0 bridgehead atoms. The highest BCUT2D eigenvalue weighted by Crippen LogP contribution is 2.25. The Labute approximate surface area is 107 Å². The molecule has 1 aliphatic rings. The van der Waals surface area contributed by atoms with Gasteiger partial charge in [-0.15, -0.1) is 0 Å². The van der Waals surface area contributed by atoms with Crippen LogP contribution in [0.25, 0.3) is 10.9 Å². The Morgan fingerprint density at radius 1 is 1.39 bits per heavy atom. The minimum Gasteiger partial charge on any atom is -0.506 e. The molecule has 0 unspecified atom stereocenters. The second kappa shape index (κ2) is 4.58. The molecular formula is C15H18N2O. The molecule has 3 nitrogen and oxygen atoms in total. The minimum absolute atomic E-state index is 0.313. The zero-order chi connectivity index (χ0) is 12.5. The maximum atomic E-state index is 10.1. The minimum atomic E-state index is 0.313. The maximum absolute atomic E-state index is 10.1. The highest BCUT2D eigenvalue weighted by atomic mass is 16.3. The van der Waals surface area contributed by atoms with Crippen molar-refractivity contribution >= 4 is 10.9 Å². The van der Waals surface area contributed by atoms with Crippen LogP contribution in [-0.4, -0.2) is 27.6 Å². The molecule has 3 heteroatoms. The van der Waals surface area contributed by atoms with Gasteiger partial charge in [-0.2, -0.15) is 0 Å². The van der Waals surface area contributed by atoms with Crippen molar-refractivity contribution in [1.29, 1.82) is 0 Å². The summed E-state index contributed by atoms with van der Waals surface area (Å²) in [6.07, 6.45) is 2.49. The van der Waals surface area contributed by atoms with E-state index in [4.69, 9.17) is 0 Å². The van der Waals surface area contributed by atoms with Crippen molar-refractivity contribution in [1.82, 2.24) is 9.88 Å². The molecule has 1 aromatic heterocycles. The second-order valence-corrected chi connectivity index (χ2v) is 5.11. The number of hydrogen-bond acceptors (Lipinski definition) is 3. The smallest absolute Gasteiger partial charge is 0.139 e. The van der Waals surface area contributed by atoms with Crippen LogP contribution in [-0.2, 0) is 6.54 Å². The molecule has 2 aromatic rings. The van der Waals surface area contributed by atoms with Gasteiger partial charge in [-0.1, -0.05) is 18.2 Å². The Morgan fingerprint density at radius 3 is 3.00 bits per heavy atom. The molecule has 2 heterocycles. The largest absolute Gasteiger partial charge is 0.506 e. The zero-order valence-corrected chi connectivity index (χ0v) is 10.6. The molecule has 1 atom stereocenters. The number of pyridine rings is 1. The van der Waals surface area contributed by atoms with Gasteiger partial charge in [0.05, 0.1) is 11.2 Å². The van der Waals surface area contributed by atoms with Crippen LogP contribution in [0.4, 0.5) is 0 Å². The second-order valence-electron chi connectivity index (χ2n) is 5.11. The van der Waals surface area contributed by atoms with E-state index in [-0.39, 0.29) is 0 Å². The fraction of sp³-hybridized carbons (Fsp3) is 0.400. The first-order chi connectivity index (χ1) is 8.74. The maximum Gasteiger partial charge on any atom is 0.139 e. The van der Waals surface area contributed by atoms with E-state index in [9.17, 15) is 5.11 Å². The first-order valence-corrected chi connectivity index (χ1v) is 6.56. The van der Waals surface area contributed by atoms with Crippen LogP contribution in [0.15, 0.2) is 30.3 Å². The van der Waals surface area contributed by atoms with Crippen molar-refractivity contribution in [3.8, 4) is 5.75 Å². The van der Waals surface area contributed by atoms with Crippen molar-refractivity contribution in [2.75, 3.05) is 6.54 Å². The molecule has 0 saturated carbocycles. The van der Waals surface area contributed by atoms with E-state index in [2.05, 4.69) is 16.8 Å². The molecule has 1 aliphatic heterocycles. The monoisotopic (exact) mass is 242 g/mol. The Kier molecular flexibility index (Phi) is 2.92. The molecule has 1 saturated heterocycles. The summed E-state index contributed by atoms with van der Waals surface area (Å²) in [7, 11) is 0. The average Bonchev–Trinajstić information content (AvgIpc) is 2.76. The van der Waals surface area contributed by atoms with Crippen LogP contribution in [0.5, 0.6) is 5.75 Å². The molecule has 18 heavy (non-hydrogen) atoms. The summed E-state index contributed by atoms with van der Waals surface area (Å²) >= 11 is 0. The first kappa shape index (κ1) is 11.5. The molecule has 0 amide bonds. The van der Waals surface area contributed by atoms with Crippen LogP contribution < -0.4 is 0 Å². The van der Waals surface area contributed by atoms with Gasteiger partial charge in [0.1, 0.15) is 5.75 Å². The number of rotatable bonds is 2. The number of aromatic hydroxyl groups is 1. The molecule has 94 valence electrons. The fourth-order valence-electron chi connectivity index (χ4n) is 2.68. The highest BCUT2D eigenvalue weighted by Gasteiger charge is 2.21. The molecule has 0 spiro atoms. The summed E-state index contributed by atoms with van der Waals surface area (Å²) in [5.74, 6) is 0.313. The van der Waals surface area contributed by atoms with Crippen molar-refractivity contribution in [3.05, 3.63) is 36.0 Å². The third-order valence-electron chi connectivity index (χ3n) is 3.82. The summed E-state index contributed by atoms with van der Waals surface area (Å²) in [6.45, 7) is 4.10. The van der Waals surface area contributed by atoms with Crippen molar-refractivity contribution in [2.45, 2.75) is 32.4 Å². The zero-order valence-electron chi connectivity index (χ0n) is 10.6. The summed E-state index contributed by atoms with van der Waals surface area (Å²) in [5.41, 5.74) is 1.75. The number of nitrogens with zero attached hydrogens (tertiary/aromatic N) is 2. The Bertz CT molecular complexity index is 567. The van der Waals surface area contributed by atoms with Crippen LogP contribution in [0.1, 0.15) is 25.5 Å². The van der Waals surface area contributed by atoms with Gasteiger partial charge < -0.3 is 5.11 Å². The Hall–Kier alpha value is -1.61. The van der Waals surface area contributed by atoms with E-state index in [1.165, 1.54) is 12.8 Å². The third kappa shape index (κ3) is 2.06. The van der Waals surface area contributed by atoms with E-state index < -0.39 is 0 Å². The van der Waals surface area contributed by atoms with Crippen LogP contribution in [0, 0.1) is 0 Å². The SMILES string of the molecule is C[C@H]1CCCN1Cc1nc2ccccc2cc1O. The van der Waals surface area contributed by atoms with Crippen LogP contribution in [0.2, 0.25) is 0 Å². The normalized spacial score (nSPS) is 20.6. The fourth-order valence-corrected chi connectivity index (χ4v) is 2.68. The summed E-state index contributed by atoms with van der Waals surface area (Å²) < 4.78 is 0. The Morgan fingerprint density at radius 2 is 2.22 bits per heavy atom. The van der Waals surface area contributed by atoms with E-state index in [0.717, 1.165) is 29.7 Å². The van der Waals surface area contributed by atoms with Crippen molar-refractivity contribution < 1.29 is 5.11 Å². The van der Waals surface area contributed by atoms with Crippen molar-refractivity contribution in [3.63, 3.8) is 0 Å². The number of hydrogen-bond donors (Lipinski definition) is 1. The number of likely N-dealkylation sites (tertiary alicyclic amines) is 1. The molecule has 1 aromatic carbocycles. The lowest BCUT2D eigenvalue weighted by Crippen LogP contribution is -2.26. The molecule has 3 rings (SSSR count). The first-order valence-electron chi connectivity index (χ1n) is 6.56. The van der Waals surface area contributed by atoms with Gasteiger partial charge in [0.15, 0.2) is 0 Å². The molecule has 1 fully saturated rings. The summed E-state index contributed by atoms with van der Waals surface area (Å²) in [4.78, 5) is 6.97. The predicted octanol–water partition coefficient (Wildman–Crippen LogP) is 2.92. The molecule has 0 aliphatic carbocycles. The standard InChI is InChI=1S/C15H18N2O/c1-11-5-4-8-17(11)10-14-15(18)9-12-6-2-3-7-13(12)16-14/h2-3,6-7,9,11,18H,4-5,8,10H2,1H3/t11-/m0/s1. The van der Waals surface area contributed by atoms with E-state index in [1.54, 1.807) is 0 Å². The van der Waals surface area contributed by atoms with E-state index in [1.807, 2.05) is 30.3 Å². The molecule has 0 radical (unpaired) electrons. The van der Waals surface area contributed by atoms with Gasteiger partial charge in [-0.25, -0.2) is 4.98 Å². The topological polar surface area (TPSA) is 36.4 Å². The van der Waals surface area contributed by atoms with Gasteiger partial charge in [0, 0.05) is 18.0 Å². The lowest BCUT2D eigenvalue weighted by Gasteiger charge is -2.20. The van der Waals surface area contributed by atoms with Gasteiger partial charge in [0.2, 0.25) is 0 Å². The van der Waals surface area contributed by atoms with Gasteiger partial charge in [0.25, 0.3) is 0 Å². The lowest BCUT2D eigenvalue weighted by atomic mass is 10.2. The predicted molar refractivity (Wildman–Crippen MR) is 72.5 cm³/mol. The number of para-hydroxylation sites is 1. The third-order valence-corrected chi connectivity index (χ3v) is 3.82. The number of fused-ring (bicyclic) bond motifs is 1. The summed E-state index contributed by atoms with van der Waals surface area (Å²) in [6, 6.07) is 10.3. The van der Waals surface area contributed by atoms with E-state index in [0.29, 0.717) is 11.8 Å². The van der Waals surface area contributed by atoms with Crippen molar-refractivity contribution in [2.24, 2.45) is 0 Å². The molecular weight excluding hydrogens is 224 g/mol. The molecule has 1 N–H and O–H groups in total. The summed E-state index contributed by atoms with van der Waals surface area (Å²) in [5, 5.41) is 11.1. The van der Waals surface area contributed by atoms with Crippen LogP contribution >= 0.6 is 0 Å². The number of aromatic nitrogens is 1.